The number of anilines is 1. The molecule has 0 saturated heterocycles. The van der Waals surface area contributed by atoms with Crippen LogP contribution in [0, 0.1) is 6.92 Å². The van der Waals surface area contributed by atoms with Crippen LogP contribution in [0.15, 0.2) is 16.6 Å². The summed E-state index contributed by atoms with van der Waals surface area (Å²) in [6.45, 7) is 3.69. The molecule has 0 aliphatic rings. The fourth-order valence-corrected chi connectivity index (χ4v) is 1.92. The Morgan fingerprint density at radius 3 is 2.62 bits per heavy atom. The third-order valence-corrected chi connectivity index (χ3v) is 2.97. The number of carbonyl (C=O) groups is 1. The number of hydrogen-bond donors (Lipinski definition) is 1. The van der Waals surface area contributed by atoms with Crippen LogP contribution in [-0.4, -0.2) is 17.8 Å². The Bertz CT molecular complexity index is 405. The van der Waals surface area contributed by atoms with Gasteiger partial charge in [-0.2, -0.15) is 0 Å². The van der Waals surface area contributed by atoms with Gasteiger partial charge in [0.15, 0.2) is 0 Å². The quantitative estimate of drug-likeness (QED) is 0.847. The molecule has 0 radical (unpaired) electrons. The monoisotopic (exact) mass is 349 g/mol. The Morgan fingerprint density at radius 2 is 2.12 bits per heavy atom. The summed E-state index contributed by atoms with van der Waals surface area (Å²) >= 11 is 6.60. The van der Waals surface area contributed by atoms with Gasteiger partial charge in [0.25, 0.3) is 0 Å². The Kier molecular flexibility index (Phi) is 4.80. The van der Waals surface area contributed by atoms with E-state index < -0.39 is 0 Å². The lowest BCUT2D eigenvalue weighted by Gasteiger charge is -2.14. The van der Waals surface area contributed by atoms with Crippen molar-refractivity contribution in [1.82, 2.24) is 0 Å². The summed E-state index contributed by atoms with van der Waals surface area (Å²) in [5.74, 6) is 0.553. The summed E-state index contributed by atoms with van der Waals surface area (Å²) in [7, 11) is 1.58. The average Bonchev–Trinajstić information content (AvgIpc) is 2.21. The van der Waals surface area contributed by atoms with Crippen LogP contribution in [0.3, 0.4) is 0 Å². The number of alkyl halides is 1. The molecule has 0 bridgehead atoms. The Morgan fingerprint density at radius 1 is 1.50 bits per heavy atom. The summed E-state index contributed by atoms with van der Waals surface area (Å²) in [5, 5.41) is 2.82. The van der Waals surface area contributed by atoms with E-state index in [1.807, 2.05) is 19.1 Å². The molecule has 1 atom stereocenters. The van der Waals surface area contributed by atoms with Gasteiger partial charge in [0.05, 0.1) is 17.6 Å². The zero-order valence-electron chi connectivity index (χ0n) is 9.30. The van der Waals surface area contributed by atoms with Gasteiger partial charge in [-0.1, -0.05) is 31.9 Å². The van der Waals surface area contributed by atoms with Crippen LogP contribution < -0.4 is 10.1 Å². The van der Waals surface area contributed by atoms with E-state index >= 15 is 0 Å². The van der Waals surface area contributed by atoms with Crippen LogP contribution in [0.4, 0.5) is 5.69 Å². The topological polar surface area (TPSA) is 38.3 Å². The van der Waals surface area contributed by atoms with Gasteiger partial charge in [-0.3, -0.25) is 4.79 Å². The lowest BCUT2D eigenvalue weighted by Crippen LogP contribution is -2.20. The number of carbonyl (C=O) groups excluding carboxylic acids is 1. The van der Waals surface area contributed by atoms with E-state index in [4.69, 9.17) is 4.74 Å². The maximum absolute atomic E-state index is 11.6. The summed E-state index contributed by atoms with van der Waals surface area (Å²) in [4.78, 5) is 11.4. The second-order valence-corrected chi connectivity index (χ2v) is 5.69. The van der Waals surface area contributed by atoms with Crippen LogP contribution >= 0.6 is 31.9 Å². The Hall–Kier alpha value is -0.550. The highest BCUT2D eigenvalue weighted by atomic mass is 79.9. The number of benzene rings is 1. The van der Waals surface area contributed by atoms with Crippen molar-refractivity contribution in [2.75, 3.05) is 12.4 Å². The van der Waals surface area contributed by atoms with Gasteiger partial charge in [0, 0.05) is 4.47 Å². The van der Waals surface area contributed by atoms with E-state index in [0.29, 0.717) is 11.4 Å². The van der Waals surface area contributed by atoms with Crippen LogP contribution in [0.25, 0.3) is 0 Å². The molecule has 16 heavy (non-hydrogen) atoms. The van der Waals surface area contributed by atoms with Crippen molar-refractivity contribution in [1.29, 1.82) is 0 Å². The molecule has 0 spiro atoms. The summed E-state index contributed by atoms with van der Waals surface area (Å²) in [5.41, 5.74) is 1.66. The average molecular weight is 351 g/mol. The van der Waals surface area contributed by atoms with E-state index in [9.17, 15) is 4.79 Å². The fraction of sp³-hybridized carbons (Fsp3) is 0.364. The standard InChI is InChI=1S/C11H13Br2NO2/c1-6-4-8(13)5-9(16-3)10(6)14-11(15)7(2)12/h4-5,7H,1-3H3,(H,14,15). The molecular formula is C11H13Br2NO2. The van der Waals surface area contributed by atoms with Crippen molar-refractivity contribution < 1.29 is 9.53 Å². The van der Waals surface area contributed by atoms with Gasteiger partial charge in [0.1, 0.15) is 5.75 Å². The van der Waals surface area contributed by atoms with Gasteiger partial charge in [0.2, 0.25) is 5.91 Å². The summed E-state index contributed by atoms with van der Waals surface area (Å²) < 4.78 is 6.15. The number of hydrogen-bond acceptors (Lipinski definition) is 2. The van der Waals surface area contributed by atoms with Crippen LogP contribution in [0.1, 0.15) is 12.5 Å². The molecule has 0 aliphatic carbocycles. The smallest absolute Gasteiger partial charge is 0.237 e. The predicted octanol–water partition coefficient (Wildman–Crippen LogP) is 3.49. The van der Waals surface area contributed by atoms with Crippen LogP contribution in [0.5, 0.6) is 5.75 Å². The second-order valence-electron chi connectivity index (χ2n) is 3.41. The third-order valence-electron chi connectivity index (χ3n) is 2.09. The van der Waals surface area contributed by atoms with Crippen LogP contribution in [-0.2, 0) is 4.79 Å². The minimum Gasteiger partial charge on any atom is -0.495 e. The highest BCUT2D eigenvalue weighted by Gasteiger charge is 2.14. The minimum atomic E-state index is -0.236. The van der Waals surface area contributed by atoms with E-state index in [-0.39, 0.29) is 10.7 Å². The van der Waals surface area contributed by atoms with Crippen molar-refractivity contribution in [3.63, 3.8) is 0 Å². The number of methoxy groups -OCH3 is 1. The number of amides is 1. The first kappa shape index (κ1) is 13.5. The van der Waals surface area contributed by atoms with Gasteiger partial charge in [-0.25, -0.2) is 0 Å². The van der Waals surface area contributed by atoms with Crippen molar-refractivity contribution in [2.24, 2.45) is 0 Å². The number of halogens is 2. The van der Waals surface area contributed by atoms with Gasteiger partial charge in [-0.05, 0) is 31.5 Å². The highest BCUT2D eigenvalue weighted by Crippen LogP contribution is 2.32. The molecule has 0 saturated carbocycles. The molecule has 0 heterocycles. The van der Waals surface area contributed by atoms with E-state index in [1.54, 1.807) is 14.0 Å². The second kappa shape index (κ2) is 5.68. The van der Waals surface area contributed by atoms with Crippen molar-refractivity contribution in [2.45, 2.75) is 18.7 Å². The number of aryl methyl sites for hydroxylation is 1. The molecule has 88 valence electrons. The molecule has 1 unspecified atom stereocenters. The van der Waals surface area contributed by atoms with E-state index in [1.165, 1.54) is 0 Å². The van der Waals surface area contributed by atoms with Gasteiger partial charge < -0.3 is 10.1 Å². The minimum absolute atomic E-state index is 0.0938. The fourth-order valence-electron chi connectivity index (χ4n) is 1.26. The van der Waals surface area contributed by atoms with Crippen molar-refractivity contribution in [3.8, 4) is 5.75 Å². The molecule has 1 aromatic carbocycles. The first-order valence-corrected chi connectivity index (χ1v) is 6.45. The molecule has 1 rings (SSSR count). The summed E-state index contributed by atoms with van der Waals surface area (Å²) in [6, 6.07) is 3.75. The molecule has 0 aliphatic heterocycles. The van der Waals surface area contributed by atoms with Gasteiger partial charge in [-0.15, -0.1) is 0 Å². The van der Waals surface area contributed by atoms with E-state index in [2.05, 4.69) is 37.2 Å². The molecule has 0 aromatic heterocycles. The predicted molar refractivity (Wildman–Crippen MR) is 72.4 cm³/mol. The Balaban J connectivity index is 3.07. The van der Waals surface area contributed by atoms with Gasteiger partial charge >= 0.3 is 0 Å². The molecule has 0 fully saturated rings. The molecular weight excluding hydrogens is 338 g/mol. The van der Waals surface area contributed by atoms with Crippen LogP contribution in [0.2, 0.25) is 0 Å². The zero-order valence-corrected chi connectivity index (χ0v) is 12.5. The lowest BCUT2D eigenvalue weighted by atomic mass is 10.2. The molecule has 1 amide bonds. The largest absolute Gasteiger partial charge is 0.495 e. The molecule has 3 nitrogen and oxygen atoms in total. The summed E-state index contributed by atoms with van der Waals surface area (Å²) in [6.07, 6.45) is 0. The van der Waals surface area contributed by atoms with Crippen molar-refractivity contribution >= 4 is 43.5 Å². The number of nitrogens with one attached hydrogen (secondary N) is 1. The number of ether oxygens (including phenoxy) is 1. The first-order valence-electron chi connectivity index (χ1n) is 4.74. The third kappa shape index (κ3) is 3.22. The highest BCUT2D eigenvalue weighted by molar-refractivity contribution is 9.10. The van der Waals surface area contributed by atoms with Crippen molar-refractivity contribution in [3.05, 3.63) is 22.2 Å². The van der Waals surface area contributed by atoms with E-state index in [0.717, 1.165) is 10.0 Å². The maximum atomic E-state index is 11.6. The SMILES string of the molecule is COc1cc(Br)cc(C)c1NC(=O)C(C)Br. The Labute approximate surface area is 112 Å². The zero-order chi connectivity index (χ0) is 12.3. The molecule has 5 heteroatoms. The number of rotatable bonds is 3. The lowest BCUT2D eigenvalue weighted by molar-refractivity contribution is -0.115. The molecule has 1 N–H and O–H groups in total. The molecule has 1 aromatic rings. The maximum Gasteiger partial charge on any atom is 0.237 e. The first-order chi connectivity index (χ1) is 7.45. The normalized spacial score (nSPS) is 12.1.